The van der Waals surface area contributed by atoms with Gasteiger partial charge in [-0.2, -0.15) is 0 Å². The van der Waals surface area contributed by atoms with Gasteiger partial charge in [0, 0.05) is 0 Å². The Morgan fingerprint density at radius 3 is 2.52 bits per heavy atom. The number of benzene rings is 2. The summed E-state index contributed by atoms with van der Waals surface area (Å²) in [4.78, 5) is 36.9. The molecule has 174 valence electrons. The minimum atomic E-state index is -1.41. The van der Waals surface area contributed by atoms with Crippen LogP contribution in [0.25, 0.3) is 0 Å². The lowest BCUT2D eigenvalue weighted by atomic mass is 9.72. The number of hydrogen-bond acceptors (Lipinski definition) is 8. The zero-order valence-corrected chi connectivity index (χ0v) is 18.7. The molecule has 0 spiro atoms. The summed E-state index contributed by atoms with van der Waals surface area (Å²) in [7, 11) is -1.41. The Labute approximate surface area is 192 Å². The first-order chi connectivity index (χ1) is 15.6. The van der Waals surface area contributed by atoms with Gasteiger partial charge >= 0.3 is 19.1 Å². The number of ether oxygens (including phenoxy) is 2. The number of fused-ring (bicyclic) bond motifs is 1. The van der Waals surface area contributed by atoms with Gasteiger partial charge in [-0.05, 0) is 44.4 Å². The van der Waals surface area contributed by atoms with Crippen molar-refractivity contribution in [1.82, 2.24) is 5.32 Å². The van der Waals surface area contributed by atoms with Crippen LogP contribution in [0, 0.1) is 5.41 Å². The van der Waals surface area contributed by atoms with E-state index in [1.807, 2.05) is 6.07 Å². The van der Waals surface area contributed by atoms with Crippen molar-refractivity contribution in [2.75, 3.05) is 6.79 Å². The van der Waals surface area contributed by atoms with Gasteiger partial charge in [0.05, 0.1) is 11.4 Å². The molecule has 33 heavy (non-hydrogen) atoms. The van der Waals surface area contributed by atoms with Crippen LogP contribution in [0.5, 0.6) is 5.75 Å². The van der Waals surface area contributed by atoms with E-state index in [0.29, 0.717) is 11.1 Å². The predicted molar refractivity (Wildman–Crippen MR) is 120 cm³/mol. The molecule has 0 saturated heterocycles. The third-order valence-corrected chi connectivity index (χ3v) is 5.10. The molecule has 4 N–H and O–H groups in total. The van der Waals surface area contributed by atoms with Gasteiger partial charge in [-0.3, -0.25) is 9.59 Å². The first-order valence-corrected chi connectivity index (χ1v) is 10.5. The molecule has 1 aliphatic heterocycles. The summed E-state index contributed by atoms with van der Waals surface area (Å²) in [6, 6.07) is 12.8. The van der Waals surface area contributed by atoms with Gasteiger partial charge in [0.1, 0.15) is 17.4 Å². The largest absolute Gasteiger partial charge is 0.547 e. The molecule has 9 nitrogen and oxygen atoms in total. The lowest BCUT2D eigenvalue weighted by Crippen LogP contribution is -2.54. The van der Waals surface area contributed by atoms with Crippen molar-refractivity contribution in [2.45, 2.75) is 39.2 Å². The first-order valence-electron chi connectivity index (χ1n) is 10.5. The summed E-state index contributed by atoms with van der Waals surface area (Å²) in [6.07, 6.45) is 0.212. The van der Waals surface area contributed by atoms with Crippen LogP contribution in [0.3, 0.4) is 0 Å². The average molecular weight is 454 g/mol. The monoisotopic (exact) mass is 454 g/mol. The number of amides is 1. The number of esters is 2. The van der Waals surface area contributed by atoms with Crippen molar-refractivity contribution in [3.63, 3.8) is 0 Å². The summed E-state index contributed by atoms with van der Waals surface area (Å²) < 4.78 is 15.5. The molecule has 1 heterocycles. The number of hydrogen-bond donors (Lipinski definition) is 3. The number of rotatable bonds is 6. The molecule has 0 radical (unpaired) electrons. The maximum atomic E-state index is 12.6. The van der Waals surface area contributed by atoms with Gasteiger partial charge in [0.15, 0.2) is 0 Å². The zero-order chi connectivity index (χ0) is 24.2. The van der Waals surface area contributed by atoms with E-state index in [9.17, 15) is 19.4 Å². The van der Waals surface area contributed by atoms with E-state index in [1.165, 1.54) is 6.07 Å². The third-order valence-electron chi connectivity index (χ3n) is 5.10. The summed E-state index contributed by atoms with van der Waals surface area (Å²) in [6.45, 7) is 4.50. The molecule has 0 unspecified atom stereocenters. The van der Waals surface area contributed by atoms with Crippen molar-refractivity contribution in [2.24, 2.45) is 11.1 Å². The SMILES string of the molecule is CC(C)(C)C(=O)OCOC(=O)c1cccc2c1OB(O)[C@@H](NC(=O)[C@@H](N)c1ccccc1)C2. The molecule has 1 amide bonds. The molecule has 0 bridgehead atoms. The van der Waals surface area contributed by atoms with E-state index in [-0.39, 0.29) is 17.7 Å². The van der Waals surface area contributed by atoms with Crippen LogP contribution in [0.15, 0.2) is 48.5 Å². The van der Waals surface area contributed by atoms with Gasteiger partial charge in [0.2, 0.25) is 12.7 Å². The molecule has 1 aliphatic rings. The number of para-hydroxylation sites is 1. The van der Waals surface area contributed by atoms with Crippen molar-refractivity contribution in [1.29, 1.82) is 0 Å². The molecule has 2 aromatic rings. The van der Waals surface area contributed by atoms with Crippen molar-refractivity contribution in [3.05, 3.63) is 65.2 Å². The quantitative estimate of drug-likeness (QED) is 0.340. The standard InChI is InChI=1S/C23H27BN2O7/c1-23(2,3)22(29)32-13-31-21(28)16-11-7-10-15-12-17(24(30)33-19(15)16)26-20(27)18(25)14-8-5-4-6-9-14/h4-11,17-18,30H,12-13,25H2,1-3H3,(H,26,27)/t17-,18-/m0/s1. The molecule has 3 rings (SSSR count). The fourth-order valence-corrected chi connectivity index (χ4v) is 3.22. The summed E-state index contributed by atoms with van der Waals surface area (Å²) in [5.41, 5.74) is 6.60. The Kier molecular flexibility index (Phi) is 7.40. The fourth-order valence-electron chi connectivity index (χ4n) is 3.22. The molecule has 0 fully saturated rings. The van der Waals surface area contributed by atoms with Crippen LogP contribution >= 0.6 is 0 Å². The van der Waals surface area contributed by atoms with Crippen molar-refractivity contribution >= 4 is 25.0 Å². The smallest absolute Gasteiger partial charge is 0.534 e. The number of carbonyl (C=O) groups excluding carboxylic acids is 3. The second-order valence-electron chi connectivity index (χ2n) is 8.74. The van der Waals surface area contributed by atoms with Gasteiger partial charge in [-0.15, -0.1) is 0 Å². The molecule has 0 aromatic heterocycles. The molecular formula is C23H27BN2O7. The van der Waals surface area contributed by atoms with Gasteiger partial charge in [-0.1, -0.05) is 42.5 Å². The Bertz CT molecular complexity index is 1020. The van der Waals surface area contributed by atoms with Gasteiger partial charge < -0.3 is 30.2 Å². The normalized spacial score (nSPS) is 16.2. The molecule has 2 aromatic carbocycles. The van der Waals surface area contributed by atoms with E-state index in [2.05, 4.69) is 5.32 Å². The summed E-state index contributed by atoms with van der Waals surface area (Å²) >= 11 is 0. The number of nitrogens with two attached hydrogens (primary N) is 1. The van der Waals surface area contributed by atoms with Gasteiger partial charge in [0.25, 0.3) is 0 Å². The van der Waals surface area contributed by atoms with Crippen LogP contribution in [0.2, 0.25) is 0 Å². The van der Waals surface area contributed by atoms with Crippen molar-refractivity contribution in [3.8, 4) is 5.75 Å². The maximum absolute atomic E-state index is 12.6. The highest BCUT2D eigenvalue weighted by atomic mass is 16.7. The average Bonchev–Trinajstić information content (AvgIpc) is 2.78. The molecule has 10 heteroatoms. The van der Waals surface area contributed by atoms with E-state index in [4.69, 9.17) is 19.9 Å². The van der Waals surface area contributed by atoms with E-state index >= 15 is 0 Å². The second kappa shape index (κ2) is 10.1. The van der Waals surface area contributed by atoms with E-state index in [0.717, 1.165) is 0 Å². The fraction of sp³-hybridized carbons (Fsp3) is 0.348. The third kappa shape index (κ3) is 5.91. The maximum Gasteiger partial charge on any atom is 0.547 e. The lowest BCUT2D eigenvalue weighted by Gasteiger charge is -2.29. The minimum Gasteiger partial charge on any atom is -0.534 e. The lowest BCUT2D eigenvalue weighted by molar-refractivity contribution is -0.161. The molecule has 0 aliphatic carbocycles. The highest BCUT2D eigenvalue weighted by molar-refractivity contribution is 6.47. The molecule has 2 atom stereocenters. The number of nitrogens with one attached hydrogen (secondary N) is 1. The Balaban J connectivity index is 1.65. The topological polar surface area (TPSA) is 137 Å². The zero-order valence-electron chi connectivity index (χ0n) is 18.7. The van der Waals surface area contributed by atoms with Crippen LogP contribution in [-0.4, -0.2) is 42.7 Å². The van der Waals surface area contributed by atoms with Crippen LogP contribution in [0.4, 0.5) is 0 Å². The Morgan fingerprint density at radius 1 is 1.15 bits per heavy atom. The van der Waals surface area contributed by atoms with Gasteiger partial charge in [-0.25, -0.2) is 4.79 Å². The van der Waals surface area contributed by atoms with Crippen LogP contribution in [-0.2, 0) is 25.5 Å². The molecular weight excluding hydrogens is 427 g/mol. The first kappa shape index (κ1) is 24.3. The minimum absolute atomic E-state index is 0.0733. The van der Waals surface area contributed by atoms with E-state index in [1.54, 1.807) is 57.2 Å². The predicted octanol–water partition coefficient (Wildman–Crippen LogP) is 1.53. The Morgan fingerprint density at radius 2 is 1.85 bits per heavy atom. The summed E-state index contributed by atoms with van der Waals surface area (Å²) in [5.74, 6) is -2.36. The Hall–Kier alpha value is -3.37. The second-order valence-corrected chi connectivity index (χ2v) is 8.74. The van der Waals surface area contributed by atoms with Crippen LogP contribution < -0.4 is 15.7 Å². The number of carbonyl (C=O) groups is 3. The van der Waals surface area contributed by atoms with E-state index < -0.39 is 49.2 Å². The van der Waals surface area contributed by atoms with Crippen LogP contribution in [0.1, 0.15) is 48.3 Å². The summed E-state index contributed by atoms with van der Waals surface area (Å²) in [5, 5.41) is 13.2. The highest BCUT2D eigenvalue weighted by Gasteiger charge is 2.38. The molecule has 0 saturated carbocycles. The van der Waals surface area contributed by atoms with Crippen molar-refractivity contribution < 1.29 is 33.5 Å². The highest BCUT2D eigenvalue weighted by Crippen LogP contribution is 2.31.